The van der Waals surface area contributed by atoms with Crippen LogP contribution >= 0.6 is 23.5 Å². The first-order valence-electron chi connectivity index (χ1n) is 9.60. The van der Waals surface area contributed by atoms with Gasteiger partial charge in [-0.15, -0.1) is 23.5 Å². The first-order chi connectivity index (χ1) is 14.2. The van der Waals surface area contributed by atoms with Crippen molar-refractivity contribution in [2.45, 2.75) is 11.0 Å². The highest BCUT2D eigenvalue weighted by atomic mass is 32.2. The van der Waals surface area contributed by atoms with Crippen molar-refractivity contribution in [3.05, 3.63) is 54.1 Å². The predicted octanol–water partition coefficient (Wildman–Crippen LogP) is 4.10. The lowest BCUT2D eigenvalue weighted by Crippen LogP contribution is -2.27. The summed E-state index contributed by atoms with van der Waals surface area (Å²) in [6.07, 6.45) is 1.28. The molecule has 3 amide bonds. The Kier molecular flexibility index (Phi) is 6.51. The first-order valence-corrected chi connectivity index (χ1v) is 11.7. The number of ether oxygens (including phenoxy) is 1. The Hall–Kier alpha value is -2.32. The summed E-state index contributed by atoms with van der Waals surface area (Å²) in [5.74, 6) is 2.88. The summed E-state index contributed by atoms with van der Waals surface area (Å²) in [6, 6.07) is 15.1. The van der Waals surface area contributed by atoms with E-state index in [1.54, 1.807) is 17.0 Å². The summed E-state index contributed by atoms with van der Waals surface area (Å²) in [4.78, 5) is 25.5. The molecule has 152 valence electrons. The molecule has 2 fully saturated rings. The molecule has 0 aromatic heterocycles. The number of carbonyl (C=O) groups is 2. The van der Waals surface area contributed by atoms with Crippen LogP contribution in [0.2, 0.25) is 0 Å². The normalized spacial score (nSPS) is 17.1. The second kappa shape index (κ2) is 9.45. The van der Waals surface area contributed by atoms with Gasteiger partial charge in [-0.25, -0.2) is 4.79 Å². The lowest BCUT2D eigenvalue weighted by atomic mass is 10.2. The molecule has 2 aliphatic heterocycles. The van der Waals surface area contributed by atoms with Crippen LogP contribution < -0.4 is 20.3 Å². The number of hydrogen-bond acceptors (Lipinski definition) is 5. The summed E-state index contributed by atoms with van der Waals surface area (Å²) < 4.78 is 6.11. The van der Waals surface area contributed by atoms with E-state index in [2.05, 4.69) is 22.8 Å². The molecule has 2 aliphatic rings. The second-order valence-electron chi connectivity index (χ2n) is 6.76. The van der Waals surface area contributed by atoms with Gasteiger partial charge in [-0.3, -0.25) is 9.69 Å². The van der Waals surface area contributed by atoms with Crippen LogP contribution in [0.15, 0.2) is 48.5 Å². The highest BCUT2D eigenvalue weighted by Crippen LogP contribution is 2.43. The molecule has 4 rings (SSSR count). The van der Waals surface area contributed by atoms with Crippen molar-refractivity contribution in [1.29, 1.82) is 0 Å². The first kappa shape index (κ1) is 20.0. The number of urea groups is 1. The molecular weight excluding hydrogens is 406 g/mol. The van der Waals surface area contributed by atoms with Gasteiger partial charge in [-0.1, -0.05) is 12.1 Å². The summed E-state index contributed by atoms with van der Waals surface area (Å²) in [5, 5.41) is 5.58. The van der Waals surface area contributed by atoms with Crippen molar-refractivity contribution in [1.82, 2.24) is 5.32 Å². The van der Waals surface area contributed by atoms with Gasteiger partial charge in [0.15, 0.2) is 6.61 Å². The van der Waals surface area contributed by atoms with Crippen LogP contribution in [-0.2, 0) is 4.79 Å². The molecule has 2 aromatic rings. The zero-order valence-electron chi connectivity index (χ0n) is 15.9. The van der Waals surface area contributed by atoms with E-state index in [1.807, 2.05) is 47.8 Å². The van der Waals surface area contributed by atoms with Crippen LogP contribution in [0.1, 0.15) is 16.6 Å². The van der Waals surface area contributed by atoms with Crippen LogP contribution in [0, 0.1) is 0 Å². The van der Waals surface area contributed by atoms with Crippen molar-refractivity contribution >= 4 is 46.8 Å². The number of nitrogens with zero attached hydrogens (tertiary/aromatic N) is 1. The maximum absolute atomic E-state index is 12.2. The standard InChI is InChI=1S/C21H23N3O3S2/c25-19(23-16-4-6-17(7-5-16)24-11-10-22-21(24)26)14-27-18-8-2-15(3-9-18)20-28-12-1-13-29-20/h2-9,20H,1,10-14H2,(H,22,26)(H,23,25). The van der Waals surface area contributed by atoms with E-state index in [1.165, 1.54) is 23.5 Å². The lowest BCUT2D eigenvalue weighted by molar-refractivity contribution is -0.118. The number of amides is 3. The van der Waals surface area contributed by atoms with E-state index in [9.17, 15) is 9.59 Å². The average molecular weight is 430 g/mol. The summed E-state index contributed by atoms with van der Waals surface area (Å²) in [7, 11) is 0. The average Bonchev–Trinajstić information content (AvgIpc) is 3.20. The molecular formula is C21H23N3O3S2. The van der Waals surface area contributed by atoms with Crippen LogP contribution in [-0.4, -0.2) is 43.1 Å². The zero-order chi connectivity index (χ0) is 20.1. The molecule has 0 spiro atoms. The molecule has 2 aromatic carbocycles. The molecule has 0 radical (unpaired) electrons. The zero-order valence-corrected chi connectivity index (χ0v) is 17.6. The molecule has 2 heterocycles. The lowest BCUT2D eigenvalue weighted by Gasteiger charge is -2.21. The third-order valence-corrected chi connectivity index (χ3v) is 7.68. The highest BCUT2D eigenvalue weighted by molar-refractivity contribution is 8.16. The molecule has 29 heavy (non-hydrogen) atoms. The predicted molar refractivity (Wildman–Crippen MR) is 120 cm³/mol. The van der Waals surface area contributed by atoms with Crippen LogP contribution in [0.4, 0.5) is 16.2 Å². The smallest absolute Gasteiger partial charge is 0.321 e. The van der Waals surface area contributed by atoms with Crippen molar-refractivity contribution in [2.75, 3.05) is 41.4 Å². The van der Waals surface area contributed by atoms with Crippen LogP contribution in [0.3, 0.4) is 0 Å². The van der Waals surface area contributed by atoms with Gasteiger partial charge >= 0.3 is 6.03 Å². The number of rotatable bonds is 6. The van der Waals surface area contributed by atoms with Crippen LogP contribution in [0.5, 0.6) is 5.75 Å². The van der Waals surface area contributed by atoms with Gasteiger partial charge in [0.05, 0.1) is 4.58 Å². The van der Waals surface area contributed by atoms with E-state index < -0.39 is 0 Å². The Balaban J connectivity index is 1.26. The van der Waals surface area contributed by atoms with E-state index in [4.69, 9.17) is 4.74 Å². The molecule has 0 aliphatic carbocycles. The third-order valence-electron chi connectivity index (χ3n) is 4.67. The molecule has 2 saturated heterocycles. The van der Waals surface area contributed by atoms with E-state index in [0.717, 1.165) is 5.69 Å². The Labute approximate surface area is 178 Å². The summed E-state index contributed by atoms with van der Waals surface area (Å²) >= 11 is 3.97. The van der Waals surface area contributed by atoms with Gasteiger partial charge in [0.2, 0.25) is 0 Å². The molecule has 0 atom stereocenters. The number of hydrogen-bond donors (Lipinski definition) is 2. The minimum Gasteiger partial charge on any atom is -0.484 e. The maximum atomic E-state index is 12.2. The number of anilines is 2. The number of benzene rings is 2. The molecule has 0 unspecified atom stereocenters. The Morgan fingerprint density at radius 1 is 1.10 bits per heavy atom. The van der Waals surface area contributed by atoms with E-state index >= 15 is 0 Å². The van der Waals surface area contributed by atoms with Crippen LogP contribution in [0.25, 0.3) is 0 Å². The fourth-order valence-electron chi connectivity index (χ4n) is 3.19. The van der Waals surface area contributed by atoms with Gasteiger partial charge < -0.3 is 15.4 Å². The van der Waals surface area contributed by atoms with Gasteiger partial charge in [0.25, 0.3) is 5.91 Å². The van der Waals surface area contributed by atoms with Crippen molar-refractivity contribution < 1.29 is 14.3 Å². The SMILES string of the molecule is O=C(COc1ccc(C2SCCCS2)cc1)Nc1ccc(N2CCNC2=O)cc1. The minimum absolute atomic E-state index is 0.0530. The molecule has 2 N–H and O–H groups in total. The molecule has 0 saturated carbocycles. The van der Waals surface area contributed by atoms with Gasteiger partial charge in [-0.05, 0) is 59.9 Å². The summed E-state index contributed by atoms with van der Waals surface area (Å²) in [5.41, 5.74) is 2.77. The Bertz CT molecular complexity index is 852. The number of nitrogens with one attached hydrogen (secondary N) is 2. The molecule has 0 bridgehead atoms. The Morgan fingerprint density at radius 2 is 1.83 bits per heavy atom. The largest absolute Gasteiger partial charge is 0.484 e. The molecule has 6 nitrogen and oxygen atoms in total. The number of thioether (sulfide) groups is 2. The fraction of sp³-hybridized carbons (Fsp3) is 0.333. The highest BCUT2D eigenvalue weighted by Gasteiger charge is 2.21. The van der Waals surface area contributed by atoms with Crippen molar-refractivity contribution in [3.63, 3.8) is 0 Å². The fourth-order valence-corrected chi connectivity index (χ4v) is 6.08. The van der Waals surface area contributed by atoms with Gasteiger partial charge in [0, 0.05) is 24.5 Å². The quantitative estimate of drug-likeness (QED) is 0.723. The third kappa shape index (κ3) is 5.19. The van der Waals surface area contributed by atoms with E-state index in [0.29, 0.717) is 29.1 Å². The minimum atomic E-state index is -0.223. The molecule has 8 heteroatoms. The Morgan fingerprint density at radius 3 is 2.48 bits per heavy atom. The van der Waals surface area contributed by atoms with Crippen molar-refractivity contribution in [2.24, 2.45) is 0 Å². The summed E-state index contributed by atoms with van der Waals surface area (Å²) in [6.45, 7) is 1.24. The topological polar surface area (TPSA) is 70.7 Å². The van der Waals surface area contributed by atoms with E-state index in [-0.39, 0.29) is 18.5 Å². The van der Waals surface area contributed by atoms with Gasteiger partial charge in [0.1, 0.15) is 5.75 Å². The maximum Gasteiger partial charge on any atom is 0.321 e. The second-order valence-corrected chi connectivity index (χ2v) is 9.49. The van der Waals surface area contributed by atoms with Gasteiger partial charge in [-0.2, -0.15) is 0 Å². The number of carbonyl (C=O) groups excluding carboxylic acids is 2. The monoisotopic (exact) mass is 429 g/mol. The van der Waals surface area contributed by atoms with Crippen molar-refractivity contribution in [3.8, 4) is 5.75 Å².